The van der Waals surface area contributed by atoms with Crippen LogP contribution in [0.5, 0.6) is 5.88 Å². The summed E-state index contributed by atoms with van der Waals surface area (Å²) in [5, 5.41) is -0.195. The average molecular weight is 266 g/mol. The van der Waals surface area contributed by atoms with Gasteiger partial charge in [0.25, 0.3) is 6.43 Å². The molecule has 0 bridgehead atoms. The fraction of sp³-hybridized carbons (Fsp3) is 0.400. The normalized spacial score (nSPS) is 10.5. The molecular formula is C10H10ClF2NO3. The molecule has 1 rings (SSSR count). The third-order valence-electron chi connectivity index (χ3n) is 1.92. The molecule has 0 unspecified atom stereocenters. The Morgan fingerprint density at radius 1 is 1.59 bits per heavy atom. The molecule has 1 aromatic rings. The Balaban J connectivity index is 3.38. The molecule has 0 aromatic carbocycles. The van der Waals surface area contributed by atoms with Gasteiger partial charge in [0.1, 0.15) is 0 Å². The van der Waals surface area contributed by atoms with E-state index in [4.69, 9.17) is 11.6 Å². The van der Waals surface area contributed by atoms with E-state index in [2.05, 4.69) is 14.5 Å². The molecule has 0 saturated heterocycles. The van der Waals surface area contributed by atoms with Crippen LogP contribution in [0.25, 0.3) is 0 Å². The smallest absolute Gasteiger partial charge is 0.340 e. The summed E-state index contributed by atoms with van der Waals surface area (Å²) in [6.07, 6.45) is -1.87. The molecule has 0 fully saturated rings. The number of nitrogens with zero attached hydrogens (tertiary/aromatic N) is 1. The van der Waals surface area contributed by atoms with Gasteiger partial charge < -0.3 is 9.47 Å². The maximum Gasteiger partial charge on any atom is 0.340 e. The highest BCUT2D eigenvalue weighted by Crippen LogP contribution is 2.34. The van der Waals surface area contributed by atoms with Crippen molar-refractivity contribution in [1.29, 1.82) is 0 Å². The zero-order chi connectivity index (χ0) is 13.0. The topological polar surface area (TPSA) is 48.4 Å². The Morgan fingerprint density at radius 2 is 2.24 bits per heavy atom. The van der Waals surface area contributed by atoms with Gasteiger partial charge >= 0.3 is 5.97 Å². The second-order valence-corrected chi connectivity index (χ2v) is 3.33. The number of rotatable bonds is 4. The highest BCUT2D eigenvalue weighted by molar-refractivity contribution is 6.33. The molecule has 1 heterocycles. The Morgan fingerprint density at radius 3 is 2.71 bits per heavy atom. The van der Waals surface area contributed by atoms with Gasteiger partial charge in [-0.25, -0.2) is 18.6 Å². The summed E-state index contributed by atoms with van der Waals surface area (Å²) in [7, 11) is 1.18. The van der Waals surface area contributed by atoms with Crippen molar-refractivity contribution in [2.24, 2.45) is 0 Å². The predicted octanol–water partition coefficient (Wildman–Crippen LogP) is 2.86. The second kappa shape index (κ2) is 5.77. The second-order valence-electron chi connectivity index (χ2n) is 2.93. The van der Waals surface area contributed by atoms with Crippen molar-refractivity contribution in [1.82, 2.24) is 4.98 Å². The lowest BCUT2D eigenvalue weighted by Gasteiger charge is -2.12. The van der Waals surface area contributed by atoms with Crippen molar-refractivity contribution in [3.05, 3.63) is 22.3 Å². The number of carbonyl (C=O) groups excluding carboxylic acids is 1. The third kappa shape index (κ3) is 2.82. The van der Waals surface area contributed by atoms with Gasteiger partial charge in [0.15, 0.2) is 0 Å². The quantitative estimate of drug-likeness (QED) is 0.786. The molecule has 0 saturated carbocycles. The number of hydrogen-bond acceptors (Lipinski definition) is 4. The Labute approximate surface area is 101 Å². The molecule has 0 radical (unpaired) electrons. The maximum absolute atomic E-state index is 12.9. The van der Waals surface area contributed by atoms with Crippen molar-refractivity contribution in [3.8, 4) is 5.88 Å². The van der Waals surface area contributed by atoms with E-state index < -0.39 is 23.5 Å². The van der Waals surface area contributed by atoms with E-state index in [1.165, 1.54) is 7.11 Å². The molecule has 1 aromatic heterocycles. The van der Waals surface area contributed by atoms with E-state index in [0.29, 0.717) is 0 Å². The molecule has 0 aliphatic heterocycles. The molecular weight excluding hydrogens is 256 g/mol. The van der Waals surface area contributed by atoms with Gasteiger partial charge in [0.2, 0.25) is 5.88 Å². The van der Waals surface area contributed by atoms with E-state index in [1.807, 2.05) is 0 Å². The van der Waals surface area contributed by atoms with Crippen molar-refractivity contribution < 1.29 is 23.0 Å². The first-order valence-electron chi connectivity index (χ1n) is 4.70. The number of hydrogen-bond donors (Lipinski definition) is 0. The predicted molar refractivity (Wildman–Crippen MR) is 56.7 cm³/mol. The summed E-state index contributed by atoms with van der Waals surface area (Å²) >= 11 is 5.68. The fourth-order valence-electron chi connectivity index (χ4n) is 1.26. The lowest BCUT2D eigenvalue weighted by molar-refractivity contribution is 0.0513. The largest absolute Gasteiger partial charge is 0.481 e. The summed E-state index contributed by atoms with van der Waals surface area (Å²) in [6.45, 7) is 1.62. The number of carbonyl (C=O) groups is 1. The maximum atomic E-state index is 12.9. The number of esters is 1. The molecule has 0 aliphatic rings. The van der Waals surface area contributed by atoms with Gasteiger partial charge in [0.05, 0.1) is 36.1 Å². The Kier molecular flexibility index (Phi) is 4.62. The third-order valence-corrected chi connectivity index (χ3v) is 2.21. The molecule has 0 aliphatic carbocycles. The van der Waals surface area contributed by atoms with Gasteiger partial charge in [-0.15, -0.1) is 0 Å². The van der Waals surface area contributed by atoms with Gasteiger partial charge in [-0.05, 0) is 6.92 Å². The number of aromatic nitrogens is 1. The van der Waals surface area contributed by atoms with Gasteiger partial charge in [-0.3, -0.25) is 0 Å². The lowest BCUT2D eigenvalue weighted by Crippen LogP contribution is -2.11. The van der Waals surface area contributed by atoms with E-state index in [1.54, 1.807) is 6.92 Å². The summed E-state index contributed by atoms with van der Waals surface area (Å²) in [5.74, 6) is -1.26. The van der Waals surface area contributed by atoms with Crippen molar-refractivity contribution >= 4 is 17.6 Å². The molecule has 17 heavy (non-hydrogen) atoms. The molecule has 0 N–H and O–H groups in total. The molecule has 4 nitrogen and oxygen atoms in total. The minimum absolute atomic E-state index is 0.0580. The minimum Gasteiger partial charge on any atom is -0.481 e. The molecule has 0 amide bonds. The van der Waals surface area contributed by atoms with Crippen molar-refractivity contribution in [2.75, 3.05) is 13.7 Å². The van der Waals surface area contributed by atoms with Crippen molar-refractivity contribution in [3.63, 3.8) is 0 Å². The minimum atomic E-state index is -2.93. The van der Waals surface area contributed by atoms with Crippen LogP contribution >= 0.6 is 11.6 Å². The monoisotopic (exact) mass is 265 g/mol. The van der Waals surface area contributed by atoms with Crippen LogP contribution in [0.4, 0.5) is 8.78 Å². The van der Waals surface area contributed by atoms with Crippen molar-refractivity contribution in [2.45, 2.75) is 13.3 Å². The van der Waals surface area contributed by atoms with Gasteiger partial charge in [-0.2, -0.15) is 0 Å². The average Bonchev–Trinajstić information content (AvgIpc) is 2.28. The number of halogens is 3. The SMILES string of the molecule is CCOC(=O)c1c(Cl)cnc(OC)c1C(F)F. The first-order chi connectivity index (χ1) is 8.02. The van der Waals surface area contributed by atoms with Crippen LogP contribution in [-0.2, 0) is 4.74 Å². The highest BCUT2D eigenvalue weighted by Gasteiger charge is 2.27. The van der Waals surface area contributed by atoms with E-state index in [0.717, 1.165) is 6.20 Å². The summed E-state index contributed by atoms with van der Waals surface area (Å²) in [4.78, 5) is 15.1. The van der Waals surface area contributed by atoms with Gasteiger partial charge in [0, 0.05) is 0 Å². The zero-order valence-electron chi connectivity index (χ0n) is 9.17. The lowest BCUT2D eigenvalue weighted by atomic mass is 10.1. The fourth-order valence-corrected chi connectivity index (χ4v) is 1.49. The molecule has 0 spiro atoms. The molecule has 94 valence electrons. The van der Waals surface area contributed by atoms with E-state index in [-0.39, 0.29) is 17.5 Å². The number of ether oxygens (including phenoxy) is 2. The molecule has 7 heteroatoms. The first kappa shape index (κ1) is 13.6. The summed E-state index contributed by atoms with van der Waals surface area (Å²) in [6, 6.07) is 0. The number of alkyl halides is 2. The van der Waals surface area contributed by atoms with E-state index in [9.17, 15) is 13.6 Å². The van der Waals surface area contributed by atoms with Gasteiger partial charge in [-0.1, -0.05) is 11.6 Å². The van der Waals surface area contributed by atoms with Crippen LogP contribution in [0.3, 0.4) is 0 Å². The van der Waals surface area contributed by atoms with Crippen LogP contribution in [0, 0.1) is 0 Å². The summed E-state index contributed by atoms with van der Waals surface area (Å²) < 4.78 is 35.1. The Bertz CT molecular complexity index is 426. The van der Waals surface area contributed by atoms with E-state index >= 15 is 0 Å². The highest BCUT2D eigenvalue weighted by atomic mass is 35.5. The number of methoxy groups -OCH3 is 1. The zero-order valence-corrected chi connectivity index (χ0v) is 9.92. The van der Waals surface area contributed by atoms with Crippen LogP contribution < -0.4 is 4.74 Å². The molecule has 0 atom stereocenters. The van der Waals surface area contributed by atoms with Crippen LogP contribution in [0.1, 0.15) is 29.3 Å². The number of pyridine rings is 1. The van der Waals surface area contributed by atoms with Crippen LogP contribution in [-0.4, -0.2) is 24.7 Å². The van der Waals surface area contributed by atoms with Crippen LogP contribution in [0.15, 0.2) is 6.20 Å². The van der Waals surface area contributed by atoms with Crippen LogP contribution in [0.2, 0.25) is 5.02 Å². The first-order valence-corrected chi connectivity index (χ1v) is 5.08. The summed E-state index contributed by atoms with van der Waals surface area (Å²) in [5.41, 5.74) is -1.06. The Hall–Kier alpha value is -1.43. The standard InChI is InChI=1S/C10H10ClF2NO3/c1-3-17-10(15)6-5(11)4-14-9(16-2)7(6)8(12)13/h4,8H,3H2,1-2H3.